The molecule has 11 heteroatoms. The number of hydrazone groups is 1. The average molecular weight is 472 g/mol. The summed E-state index contributed by atoms with van der Waals surface area (Å²) in [5, 5.41) is 4.84. The molecule has 4 aliphatic rings. The van der Waals surface area contributed by atoms with Crippen molar-refractivity contribution in [2.75, 3.05) is 33.4 Å². The Hall–Kier alpha value is -2.01. The molecule has 0 aliphatic carbocycles. The van der Waals surface area contributed by atoms with Crippen molar-refractivity contribution in [1.29, 1.82) is 0 Å². The minimum absolute atomic E-state index is 0.0139. The monoisotopic (exact) mass is 471 g/mol. The normalized spacial score (nSPS) is 38.8. The van der Waals surface area contributed by atoms with Crippen molar-refractivity contribution in [3.63, 3.8) is 0 Å². The maximum absolute atomic E-state index is 13.5. The van der Waals surface area contributed by atoms with Crippen LogP contribution in [0.4, 0.5) is 13.2 Å². The molecule has 4 aliphatic heterocycles. The zero-order chi connectivity index (χ0) is 24.0. The first kappa shape index (κ1) is 24.1. The van der Waals surface area contributed by atoms with E-state index >= 15 is 0 Å². The second-order valence-corrected chi connectivity index (χ2v) is 9.45. The second kappa shape index (κ2) is 8.98. The number of halogens is 3. The molecule has 0 spiro atoms. The van der Waals surface area contributed by atoms with Gasteiger partial charge in [-0.05, 0) is 32.6 Å². The molecule has 1 amide bonds. The van der Waals surface area contributed by atoms with Gasteiger partial charge in [-0.1, -0.05) is 6.92 Å². The topological polar surface area (TPSA) is 79.1 Å². The van der Waals surface area contributed by atoms with E-state index in [1.54, 1.807) is 6.92 Å². The summed E-state index contributed by atoms with van der Waals surface area (Å²) in [7, 11) is 1.51. The van der Waals surface area contributed by atoms with Crippen LogP contribution in [0.15, 0.2) is 15.1 Å². The summed E-state index contributed by atoms with van der Waals surface area (Å²) >= 11 is 0. The van der Waals surface area contributed by atoms with E-state index in [0.29, 0.717) is 18.9 Å². The minimum atomic E-state index is -4.37. The van der Waals surface area contributed by atoms with Gasteiger partial charge in [0.2, 0.25) is 5.91 Å². The van der Waals surface area contributed by atoms with Crippen molar-refractivity contribution < 1.29 is 27.4 Å². The number of carbonyl (C=O) groups excluding carboxylic acids is 1. The molecule has 0 aromatic carbocycles. The van der Waals surface area contributed by atoms with Crippen LogP contribution in [-0.4, -0.2) is 97.4 Å². The summed E-state index contributed by atoms with van der Waals surface area (Å²) < 4.78 is 50.1. The highest BCUT2D eigenvalue weighted by molar-refractivity contribution is 6.16. The van der Waals surface area contributed by atoms with Gasteiger partial charge < -0.3 is 9.47 Å². The first-order valence-corrected chi connectivity index (χ1v) is 11.5. The van der Waals surface area contributed by atoms with Crippen LogP contribution in [-0.2, 0) is 14.3 Å². The SMILES string of the molecule is CCOC1CN=CC(C2CC(C)C3C(=O)N(C4C=NN(CC(F)(F)F)C4)[C@@](C)(OC)C3=N2)C1. The van der Waals surface area contributed by atoms with Crippen LogP contribution >= 0.6 is 0 Å². The number of amides is 1. The molecule has 0 bridgehead atoms. The van der Waals surface area contributed by atoms with Crippen molar-refractivity contribution in [3.05, 3.63) is 0 Å². The fourth-order valence-corrected chi connectivity index (χ4v) is 5.61. The van der Waals surface area contributed by atoms with Gasteiger partial charge >= 0.3 is 6.18 Å². The highest BCUT2D eigenvalue weighted by Crippen LogP contribution is 2.44. The van der Waals surface area contributed by atoms with Crippen LogP contribution in [0.2, 0.25) is 0 Å². The van der Waals surface area contributed by atoms with Crippen molar-refractivity contribution in [2.24, 2.45) is 32.8 Å². The largest absolute Gasteiger partial charge is 0.407 e. The Labute approximate surface area is 191 Å². The Balaban J connectivity index is 1.59. The van der Waals surface area contributed by atoms with E-state index in [-0.39, 0.29) is 36.4 Å². The molecule has 1 fully saturated rings. The van der Waals surface area contributed by atoms with Gasteiger partial charge in [0.25, 0.3) is 0 Å². The molecule has 6 unspecified atom stereocenters. The molecular weight excluding hydrogens is 439 g/mol. The van der Waals surface area contributed by atoms with Crippen LogP contribution in [0.3, 0.4) is 0 Å². The Bertz CT molecular complexity index is 848. The maximum Gasteiger partial charge on any atom is 0.407 e. The van der Waals surface area contributed by atoms with E-state index in [2.05, 4.69) is 10.1 Å². The highest BCUT2D eigenvalue weighted by Gasteiger charge is 2.60. The lowest BCUT2D eigenvalue weighted by atomic mass is 9.77. The predicted molar refractivity (Wildman–Crippen MR) is 118 cm³/mol. The summed E-state index contributed by atoms with van der Waals surface area (Å²) in [5.41, 5.74) is -0.501. The average Bonchev–Trinajstić information content (AvgIpc) is 3.27. The molecule has 4 rings (SSSR count). The van der Waals surface area contributed by atoms with Gasteiger partial charge in [-0.25, -0.2) is 0 Å². The Morgan fingerprint density at radius 1 is 1.27 bits per heavy atom. The molecule has 0 saturated carbocycles. The first-order valence-electron chi connectivity index (χ1n) is 11.5. The smallest absolute Gasteiger partial charge is 0.377 e. The molecule has 0 N–H and O–H groups in total. The summed E-state index contributed by atoms with van der Waals surface area (Å²) in [6.45, 7) is 5.85. The maximum atomic E-state index is 13.5. The molecular formula is C22H32F3N5O3. The number of alkyl halides is 3. The van der Waals surface area contributed by atoms with Crippen LogP contribution in [0, 0.1) is 17.8 Å². The molecule has 1 saturated heterocycles. The fourth-order valence-electron chi connectivity index (χ4n) is 5.61. The van der Waals surface area contributed by atoms with E-state index in [9.17, 15) is 18.0 Å². The number of ether oxygens (including phenoxy) is 2. The zero-order valence-electron chi connectivity index (χ0n) is 19.5. The number of methoxy groups -OCH3 is 1. The van der Waals surface area contributed by atoms with Crippen molar-refractivity contribution in [2.45, 2.75) is 63.7 Å². The lowest BCUT2D eigenvalue weighted by Crippen LogP contribution is -2.55. The highest BCUT2D eigenvalue weighted by atomic mass is 19.4. The van der Waals surface area contributed by atoms with E-state index in [4.69, 9.17) is 14.5 Å². The summed E-state index contributed by atoms with van der Waals surface area (Å²) in [6.07, 6.45) is 0.590. The van der Waals surface area contributed by atoms with Gasteiger partial charge in [0.05, 0.1) is 42.9 Å². The molecule has 8 nitrogen and oxygen atoms in total. The third kappa shape index (κ3) is 4.53. The standard InChI is InChI=1S/C22H32F3N5O3/c1-5-33-16-7-14(8-26-10-16)17-6-13(2)18-19(28-17)21(3,32-4)30(20(18)31)15-9-27-29(11-15)12-22(23,24)25/h8-9,13-18H,5-7,10-12H2,1-4H3/t13?,14?,15?,16?,17?,18?,21-/m0/s1. The number of carbonyl (C=O) groups is 1. The molecule has 0 aromatic rings. The summed E-state index contributed by atoms with van der Waals surface area (Å²) in [6, 6.07) is -0.679. The Morgan fingerprint density at radius 3 is 2.70 bits per heavy atom. The number of fused-ring (bicyclic) bond motifs is 1. The molecule has 184 valence electrons. The third-order valence-electron chi connectivity index (χ3n) is 7.15. The second-order valence-electron chi connectivity index (χ2n) is 9.45. The van der Waals surface area contributed by atoms with Gasteiger partial charge in [-0.15, -0.1) is 0 Å². The number of rotatable bonds is 6. The van der Waals surface area contributed by atoms with Gasteiger partial charge in [-0.2, -0.15) is 18.3 Å². The van der Waals surface area contributed by atoms with Crippen LogP contribution in [0.25, 0.3) is 0 Å². The lowest BCUT2D eigenvalue weighted by Gasteiger charge is -2.39. The quantitative estimate of drug-likeness (QED) is 0.596. The number of hydrogen-bond donors (Lipinski definition) is 0. The van der Waals surface area contributed by atoms with Gasteiger partial charge in [0.1, 0.15) is 6.54 Å². The number of hydrogen-bond acceptors (Lipinski definition) is 7. The zero-order valence-corrected chi connectivity index (χ0v) is 19.5. The van der Waals surface area contributed by atoms with Gasteiger partial charge in [0.15, 0.2) is 5.72 Å². The summed E-state index contributed by atoms with van der Waals surface area (Å²) in [5.74, 6) is -0.509. The molecule has 0 radical (unpaired) electrons. The lowest BCUT2D eigenvalue weighted by molar-refractivity contribution is -0.152. The van der Waals surface area contributed by atoms with Crippen LogP contribution in [0.1, 0.15) is 33.6 Å². The number of nitrogens with zero attached hydrogens (tertiary/aromatic N) is 5. The van der Waals surface area contributed by atoms with Gasteiger partial charge in [0, 0.05) is 32.1 Å². The van der Waals surface area contributed by atoms with Crippen molar-refractivity contribution in [3.8, 4) is 0 Å². The van der Waals surface area contributed by atoms with Crippen molar-refractivity contribution in [1.82, 2.24) is 9.91 Å². The number of likely N-dealkylation sites (tertiary alicyclic amines) is 1. The summed E-state index contributed by atoms with van der Waals surface area (Å²) in [4.78, 5) is 24.6. The van der Waals surface area contributed by atoms with E-state index < -0.39 is 30.4 Å². The number of aliphatic imine (C=N–C) groups is 2. The van der Waals surface area contributed by atoms with Crippen molar-refractivity contribution >= 4 is 24.0 Å². The third-order valence-corrected chi connectivity index (χ3v) is 7.15. The van der Waals surface area contributed by atoms with E-state index in [1.807, 2.05) is 20.1 Å². The molecule has 4 heterocycles. The van der Waals surface area contributed by atoms with Gasteiger partial charge in [-0.3, -0.25) is 24.7 Å². The predicted octanol–water partition coefficient (Wildman–Crippen LogP) is 2.38. The Kier molecular flexibility index (Phi) is 6.56. The van der Waals surface area contributed by atoms with Crippen LogP contribution < -0.4 is 0 Å². The van der Waals surface area contributed by atoms with E-state index in [1.165, 1.54) is 18.2 Å². The molecule has 7 atom stereocenters. The molecule has 0 aromatic heterocycles. The molecule has 33 heavy (non-hydrogen) atoms. The first-order chi connectivity index (χ1) is 15.6. The van der Waals surface area contributed by atoms with E-state index in [0.717, 1.165) is 17.9 Å². The van der Waals surface area contributed by atoms with Crippen LogP contribution in [0.5, 0.6) is 0 Å². The fraction of sp³-hybridized carbons (Fsp3) is 0.818. The Morgan fingerprint density at radius 2 is 2.03 bits per heavy atom. The minimum Gasteiger partial charge on any atom is -0.377 e.